The Morgan fingerprint density at radius 1 is 1.20 bits per heavy atom. The number of carbonyl (C=O) groups excluding carboxylic acids is 1. The molecule has 5 rings (SSSR count). The van der Waals surface area contributed by atoms with Gasteiger partial charge in [0.1, 0.15) is 0 Å². The van der Waals surface area contributed by atoms with Gasteiger partial charge < -0.3 is 10.6 Å². The molecular formula is C16H22N2OS. The molecule has 20 heavy (non-hydrogen) atoms. The molecule has 108 valence electrons. The van der Waals surface area contributed by atoms with Crippen LogP contribution >= 0.6 is 11.3 Å². The van der Waals surface area contributed by atoms with Gasteiger partial charge in [0.25, 0.3) is 0 Å². The largest absolute Gasteiger partial charge is 0.333 e. The Hall–Kier alpha value is -1.03. The molecular weight excluding hydrogens is 268 g/mol. The van der Waals surface area contributed by atoms with Gasteiger partial charge in [-0.2, -0.15) is 0 Å². The van der Waals surface area contributed by atoms with Crippen molar-refractivity contribution in [3.63, 3.8) is 0 Å². The topological polar surface area (TPSA) is 41.1 Å². The molecule has 0 aromatic carbocycles. The van der Waals surface area contributed by atoms with Crippen LogP contribution in [0.2, 0.25) is 0 Å². The Balaban J connectivity index is 1.37. The monoisotopic (exact) mass is 290 g/mol. The third kappa shape index (κ3) is 2.34. The normalized spacial score (nSPS) is 37.9. The van der Waals surface area contributed by atoms with Crippen LogP contribution in [-0.4, -0.2) is 11.6 Å². The third-order valence-corrected chi connectivity index (χ3v) is 6.30. The summed E-state index contributed by atoms with van der Waals surface area (Å²) in [5.74, 6) is 2.62. The molecule has 0 radical (unpaired) electrons. The molecule has 4 aliphatic carbocycles. The second-order valence-electron chi connectivity index (χ2n) is 7.08. The minimum Gasteiger partial charge on any atom is -0.333 e. The van der Waals surface area contributed by atoms with E-state index >= 15 is 0 Å². The highest BCUT2D eigenvalue weighted by Gasteiger charge is 2.51. The van der Waals surface area contributed by atoms with Gasteiger partial charge in [0, 0.05) is 10.4 Å². The van der Waals surface area contributed by atoms with Crippen LogP contribution in [0.1, 0.15) is 43.4 Å². The van der Waals surface area contributed by atoms with Crippen LogP contribution in [0.3, 0.4) is 0 Å². The summed E-state index contributed by atoms with van der Waals surface area (Å²) in [6.45, 7) is 0.649. The minimum atomic E-state index is 0.0281. The maximum atomic E-state index is 12.2. The van der Waals surface area contributed by atoms with E-state index in [0.29, 0.717) is 6.54 Å². The van der Waals surface area contributed by atoms with Gasteiger partial charge in [-0.05, 0) is 67.7 Å². The first-order valence-corrected chi connectivity index (χ1v) is 8.67. The quantitative estimate of drug-likeness (QED) is 0.878. The summed E-state index contributed by atoms with van der Waals surface area (Å²) in [4.78, 5) is 13.4. The van der Waals surface area contributed by atoms with E-state index in [2.05, 4.69) is 16.7 Å². The van der Waals surface area contributed by atoms with Crippen molar-refractivity contribution in [2.24, 2.45) is 17.8 Å². The summed E-state index contributed by atoms with van der Waals surface area (Å²) in [6.07, 6.45) is 7.88. The molecule has 1 aromatic heterocycles. The molecule has 4 bridgehead atoms. The third-order valence-electron chi connectivity index (χ3n) is 5.42. The van der Waals surface area contributed by atoms with E-state index in [-0.39, 0.29) is 11.6 Å². The van der Waals surface area contributed by atoms with Crippen LogP contribution in [0.25, 0.3) is 0 Å². The van der Waals surface area contributed by atoms with Gasteiger partial charge in [0.15, 0.2) is 0 Å². The fourth-order valence-corrected chi connectivity index (χ4v) is 5.77. The van der Waals surface area contributed by atoms with Gasteiger partial charge in [0.2, 0.25) is 0 Å². The van der Waals surface area contributed by atoms with Gasteiger partial charge in [-0.1, -0.05) is 6.07 Å². The molecule has 3 nitrogen and oxygen atoms in total. The predicted molar refractivity (Wildman–Crippen MR) is 80.6 cm³/mol. The summed E-state index contributed by atoms with van der Waals surface area (Å²) < 4.78 is 0. The van der Waals surface area contributed by atoms with E-state index in [4.69, 9.17) is 0 Å². The average Bonchev–Trinajstić information content (AvgIpc) is 2.87. The second kappa shape index (κ2) is 4.76. The van der Waals surface area contributed by atoms with E-state index in [9.17, 15) is 4.79 Å². The number of rotatable bonds is 3. The highest BCUT2D eigenvalue weighted by Crippen LogP contribution is 2.55. The molecule has 4 fully saturated rings. The number of hydrogen-bond donors (Lipinski definition) is 2. The van der Waals surface area contributed by atoms with Crippen molar-refractivity contribution in [3.8, 4) is 0 Å². The first kappa shape index (κ1) is 12.7. The second-order valence-corrected chi connectivity index (χ2v) is 8.12. The first-order chi connectivity index (χ1) is 9.71. The van der Waals surface area contributed by atoms with Crippen molar-refractivity contribution in [2.75, 3.05) is 0 Å². The van der Waals surface area contributed by atoms with Crippen molar-refractivity contribution in [1.29, 1.82) is 0 Å². The lowest BCUT2D eigenvalue weighted by Gasteiger charge is -2.56. The summed E-state index contributed by atoms with van der Waals surface area (Å²) in [6, 6.07) is 4.12. The number of amides is 2. The summed E-state index contributed by atoms with van der Waals surface area (Å²) in [7, 11) is 0. The van der Waals surface area contributed by atoms with Gasteiger partial charge in [-0.15, -0.1) is 11.3 Å². The fraction of sp³-hybridized carbons (Fsp3) is 0.688. The average molecular weight is 290 g/mol. The molecule has 2 N–H and O–H groups in total. The Morgan fingerprint density at radius 3 is 2.40 bits per heavy atom. The van der Waals surface area contributed by atoms with Crippen LogP contribution in [0, 0.1) is 17.8 Å². The van der Waals surface area contributed by atoms with E-state index < -0.39 is 0 Å². The zero-order valence-electron chi connectivity index (χ0n) is 11.7. The lowest BCUT2D eigenvalue weighted by atomic mass is 9.53. The van der Waals surface area contributed by atoms with Crippen molar-refractivity contribution in [2.45, 2.75) is 50.6 Å². The number of carbonyl (C=O) groups is 1. The van der Waals surface area contributed by atoms with E-state index in [1.165, 1.54) is 43.4 Å². The molecule has 2 amide bonds. The highest BCUT2D eigenvalue weighted by atomic mass is 32.1. The van der Waals surface area contributed by atoms with Crippen LogP contribution in [0.5, 0.6) is 0 Å². The Kier molecular flexibility index (Phi) is 3.02. The first-order valence-electron chi connectivity index (χ1n) is 7.79. The lowest BCUT2D eigenvalue weighted by Crippen LogP contribution is -2.61. The van der Waals surface area contributed by atoms with Crippen molar-refractivity contribution >= 4 is 17.4 Å². The Morgan fingerprint density at radius 2 is 1.85 bits per heavy atom. The zero-order valence-corrected chi connectivity index (χ0v) is 12.5. The van der Waals surface area contributed by atoms with Crippen molar-refractivity contribution < 1.29 is 4.79 Å². The number of hydrogen-bond acceptors (Lipinski definition) is 2. The zero-order chi connectivity index (χ0) is 13.6. The molecule has 0 aliphatic heterocycles. The van der Waals surface area contributed by atoms with E-state index in [1.807, 2.05) is 11.4 Å². The van der Waals surface area contributed by atoms with Crippen LogP contribution in [0.4, 0.5) is 4.79 Å². The Bertz CT molecular complexity index is 461. The molecule has 4 saturated carbocycles. The number of urea groups is 1. The molecule has 1 heterocycles. The van der Waals surface area contributed by atoms with Gasteiger partial charge in [-0.25, -0.2) is 4.79 Å². The molecule has 4 aliphatic rings. The van der Waals surface area contributed by atoms with E-state index in [0.717, 1.165) is 17.8 Å². The molecule has 0 atom stereocenters. The van der Waals surface area contributed by atoms with Crippen molar-refractivity contribution in [1.82, 2.24) is 10.6 Å². The molecule has 0 spiro atoms. The van der Waals surface area contributed by atoms with Crippen molar-refractivity contribution in [3.05, 3.63) is 22.4 Å². The lowest BCUT2D eigenvalue weighted by molar-refractivity contribution is -0.0135. The summed E-state index contributed by atoms with van der Waals surface area (Å²) in [5.41, 5.74) is 0.119. The summed E-state index contributed by atoms with van der Waals surface area (Å²) in [5, 5.41) is 8.41. The highest BCUT2D eigenvalue weighted by molar-refractivity contribution is 7.09. The molecule has 0 unspecified atom stereocenters. The van der Waals surface area contributed by atoms with Gasteiger partial charge in [0.05, 0.1) is 6.54 Å². The number of thiophene rings is 1. The fourth-order valence-electron chi connectivity index (χ4n) is 5.13. The molecule has 4 heteroatoms. The SMILES string of the molecule is O=C(NCc1cccs1)NC12CC3CC(CC(C3)C1)C2. The van der Waals surface area contributed by atoms with Crippen LogP contribution < -0.4 is 10.6 Å². The maximum Gasteiger partial charge on any atom is 0.315 e. The van der Waals surface area contributed by atoms with Gasteiger partial charge in [-0.3, -0.25) is 0 Å². The Labute approximate surface area is 124 Å². The number of nitrogens with one attached hydrogen (secondary N) is 2. The van der Waals surface area contributed by atoms with Crippen LogP contribution in [-0.2, 0) is 6.54 Å². The summed E-state index contributed by atoms with van der Waals surface area (Å²) >= 11 is 1.69. The minimum absolute atomic E-state index is 0.0281. The standard InChI is InChI=1S/C16H22N2OS/c19-15(17-10-14-2-1-3-20-14)18-16-7-11-4-12(8-16)6-13(5-11)9-16/h1-3,11-13H,4-10H2,(H2,17,18,19). The van der Waals surface area contributed by atoms with Gasteiger partial charge >= 0.3 is 6.03 Å². The maximum absolute atomic E-state index is 12.2. The smallest absolute Gasteiger partial charge is 0.315 e. The predicted octanol–water partition coefficient (Wildman–Crippen LogP) is 3.52. The molecule has 0 saturated heterocycles. The van der Waals surface area contributed by atoms with Crippen LogP contribution in [0.15, 0.2) is 17.5 Å². The van der Waals surface area contributed by atoms with E-state index in [1.54, 1.807) is 11.3 Å². The molecule has 1 aromatic rings.